The van der Waals surface area contributed by atoms with Crippen molar-refractivity contribution in [1.29, 1.82) is 0 Å². The van der Waals surface area contributed by atoms with Crippen LogP contribution in [-0.4, -0.2) is 25.1 Å². The van der Waals surface area contributed by atoms with Crippen LogP contribution in [0.5, 0.6) is 11.5 Å². The summed E-state index contributed by atoms with van der Waals surface area (Å²) in [6, 6.07) is 10.8. The second kappa shape index (κ2) is 6.55. The summed E-state index contributed by atoms with van der Waals surface area (Å²) in [5.74, 6) is 1.10. The molecule has 0 aliphatic rings. The normalized spacial score (nSPS) is 10.6. The van der Waals surface area contributed by atoms with E-state index in [1.165, 1.54) is 11.3 Å². The molecule has 118 valence electrons. The zero-order chi connectivity index (χ0) is 16.4. The van der Waals surface area contributed by atoms with Crippen molar-refractivity contribution < 1.29 is 14.3 Å². The molecule has 0 fully saturated rings. The number of halogens is 1. The molecule has 1 N–H and O–H groups in total. The molecule has 0 unspecified atom stereocenters. The molecule has 1 heterocycles. The number of ether oxygens (including phenoxy) is 2. The molecule has 0 spiro atoms. The van der Waals surface area contributed by atoms with Gasteiger partial charge in [0, 0.05) is 4.47 Å². The number of rotatable bonds is 4. The fourth-order valence-corrected chi connectivity index (χ4v) is 3.58. The van der Waals surface area contributed by atoms with Crippen LogP contribution in [0.4, 0.5) is 5.13 Å². The average Bonchev–Trinajstić information content (AvgIpc) is 2.97. The maximum atomic E-state index is 12.4. The number of benzene rings is 2. The highest BCUT2D eigenvalue weighted by Crippen LogP contribution is 2.38. The molecule has 3 aromatic rings. The van der Waals surface area contributed by atoms with Gasteiger partial charge >= 0.3 is 0 Å². The summed E-state index contributed by atoms with van der Waals surface area (Å²) in [5, 5.41) is 3.31. The quantitative estimate of drug-likeness (QED) is 0.717. The molecule has 2 aromatic carbocycles. The molecule has 0 bridgehead atoms. The Kier molecular flexibility index (Phi) is 4.49. The Morgan fingerprint density at radius 1 is 1.13 bits per heavy atom. The molecule has 1 amide bonds. The number of aromatic nitrogens is 1. The van der Waals surface area contributed by atoms with E-state index in [0.29, 0.717) is 27.7 Å². The lowest BCUT2D eigenvalue weighted by atomic mass is 10.2. The van der Waals surface area contributed by atoms with Crippen molar-refractivity contribution in [3.63, 3.8) is 0 Å². The third-order valence-electron chi connectivity index (χ3n) is 3.25. The van der Waals surface area contributed by atoms with E-state index >= 15 is 0 Å². The van der Waals surface area contributed by atoms with Crippen molar-refractivity contribution in [2.24, 2.45) is 0 Å². The second-order valence-corrected chi connectivity index (χ2v) is 6.45. The van der Waals surface area contributed by atoms with Crippen LogP contribution in [-0.2, 0) is 0 Å². The first-order valence-corrected chi connectivity index (χ1v) is 8.32. The van der Waals surface area contributed by atoms with E-state index in [1.54, 1.807) is 26.4 Å². The molecule has 0 aliphatic heterocycles. The molecule has 7 heteroatoms. The largest absolute Gasteiger partial charge is 0.495 e. The first-order chi connectivity index (χ1) is 11.1. The first-order valence-electron chi connectivity index (χ1n) is 6.71. The summed E-state index contributed by atoms with van der Waals surface area (Å²) in [6.45, 7) is 0. The highest BCUT2D eigenvalue weighted by atomic mass is 79.9. The molecular formula is C16H13BrN2O3S. The fourth-order valence-electron chi connectivity index (χ4n) is 2.15. The van der Waals surface area contributed by atoms with Crippen LogP contribution in [0.15, 0.2) is 40.9 Å². The number of nitrogens with zero attached hydrogens (tertiary/aromatic N) is 1. The molecule has 5 nitrogen and oxygen atoms in total. The smallest absolute Gasteiger partial charge is 0.258 e. The zero-order valence-electron chi connectivity index (χ0n) is 12.4. The van der Waals surface area contributed by atoms with Crippen LogP contribution in [0.1, 0.15) is 10.4 Å². The predicted octanol–water partition coefficient (Wildman–Crippen LogP) is 4.33. The van der Waals surface area contributed by atoms with Crippen molar-refractivity contribution in [3.8, 4) is 11.5 Å². The lowest BCUT2D eigenvalue weighted by molar-refractivity contribution is 0.102. The van der Waals surface area contributed by atoms with Gasteiger partial charge in [-0.05, 0) is 40.2 Å². The van der Waals surface area contributed by atoms with E-state index in [-0.39, 0.29) is 5.91 Å². The molecule has 1 aromatic heterocycles. The Hall–Kier alpha value is -2.12. The van der Waals surface area contributed by atoms with Crippen LogP contribution in [0, 0.1) is 0 Å². The zero-order valence-corrected chi connectivity index (χ0v) is 14.8. The minimum atomic E-state index is -0.227. The summed E-state index contributed by atoms with van der Waals surface area (Å²) in [4.78, 5) is 16.8. The van der Waals surface area contributed by atoms with Crippen LogP contribution >= 0.6 is 27.3 Å². The highest BCUT2D eigenvalue weighted by molar-refractivity contribution is 9.10. The van der Waals surface area contributed by atoms with E-state index in [4.69, 9.17) is 9.47 Å². The number of carbonyl (C=O) groups is 1. The molecule has 0 aliphatic carbocycles. The van der Waals surface area contributed by atoms with Gasteiger partial charge in [0.25, 0.3) is 5.91 Å². The first kappa shape index (κ1) is 15.8. The number of hydrogen-bond acceptors (Lipinski definition) is 5. The lowest BCUT2D eigenvalue weighted by Gasteiger charge is -2.03. The molecule has 0 saturated carbocycles. The number of fused-ring (bicyclic) bond motifs is 1. The number of methoxy groups -OCH3 is 2. The van der Waals surface area contributed by atoms with Gasteiger partial charge in [0.1, 0.15) is 21.7 Å². The van der Waals surface area contributed by atoms with Gasteiger partial charge in [-0.3, -0.25) is 10.1 Å². The Labute approximate surface area is 145 Å². The van der Waals surface area contributed by atoms with Gasteiger partial charge in [-0.1, -0.05) is 23.5 Å². The third kappa shape index (κ3) is 3.02. The van der Waals surface area contributed by atoms with Crippen molar-refractivity contribution in [3.05, 3.63) is 46.4 Å². The summed E-state index contributed by atoms with van der Waals surface area (Å²) < 4.78 is 12.2. The van der Waals surface area contributed by atoms with Crippen LogP contribution < -0.4 is 14.8 Å². The maximum absolute atomic E-state index is 12.4. The van der Waals surface area contributed by atoms with Crippen molar-refractivity contribution >= 4 is 48.5 Å². The molecule has 3 rings (SSSR count). The van der Waals surface area contributed by atoms with Gasteiger partial charge in [0.15, 0.2) is 5.13 Å². The Bertz CT molecular complexity index is 838. The number of anilines is 1. The van der Waals surface area contributed by atoms with Gasteiger partial charge < -0.3 is 9.47 Å². The summed E-state index contributed by atoms with van der Waals surface area (Å²) >= 11 is 4.72. The van der Waals surface area contributed by atoms with Crippen LogP contribution in [0.25, 0.3) is 10.2 Å². The fraction of sp³-hybridized carbons (Fsp3) is 0.125. The minimum absolute atomic E-state index is 0.227. The van der Waals surface area contributed by atoms with Crippen molar-refractivity contribution in [2.45, 2.75) is 0 Å². The number of hydrogen-bond donors (Lipinski definition) is 1. The van der Waals surface area contributed by atoms with Gasteiger partial charge in [-0.15, -0.1) is 0 Å². The Balaban J connectivity index is 1.98. The molecule has 23 heavy (non-hydrogen) atoms. The standard InChI is InChI=1S/C16H13BrN2O3S/c1-21-11-7-8-12(22-2)14-13(11)18-16(23-14)19-15(20)9-5-3-4-6-10(9)17/h3-8H,1-2H3,(H,18,19,20). The van der Waals surface area contributed by atoms with E-state index < -0.39 is 0 Å². The Morgan fingerprint density at radius 3 is 2.52 bits per heavy atom. The summed E-state index contributed by atoms with van der Waals surface area (Å²) in [7, 11) is 3.18. The number of nitrogens with one attached hydrogen (secondary N) is 1. The lowest BCUT2D eigenvalue weighted by Crippen LogP contribution is -2.12. The second-order valence-electron chi connectivity index (χ2n) is 4.60. The summed E-state index contributed by atoms with van der Waals surface area (Å²) in [6.07, 6.45) is 0. The van der Waals surface area contributed by atoms with E-state index in [9.17, 15) is 4.79 Å². The predicted molar refractivity (Wildman–Crippen MR) is 94.8 cm³/mol. The van der Waals surface area contributed by atoms with E-state index in [1.807, 2.05) is 24.3 Å². The average molecular weight is 393 g/mol. The monoisotopic (exact) mass is 392 g/mol. The topological polar surface area (TPSA) is 60.5 Å². The highest BCUT2D eigenvalue weighted by Gasteiger charge is 2.16. The van der Waals surface area contributed by atoms with Crippen LogP contribution in [0.3, 0.4) is 0 Å². The SMILES string of the molecule is COc1ccc(OC)c2sc(NC(=O)c3ccccc3Br)nc12. The van der Waals surface area contributed by atoms with Gasteiger partial charge in [0.2, 0.25) is 0 Å². The third-order valence-corrected chi connectivity index (χ3v) is 4.93. The van der Waals surface area contributed by atoms with Crippen LogP contribution in [0.2, 0.25) is 0 Å². The minimum Gasteiger partial charge on any atom is -0.495 e. The van der Waals surface area contributed by atoms with Gasteiger partial charge in [0.05, 0.1) is 19.8 Å². The van der Waals surface area contributed by atoms with E-state index in [2.05, 4.69) is 26.2 Å². The summed E-state index contributed by atoms with van der Waals surface area (Å²) in [5.41, 5.74) is 1.21. The molecular weight excluding hydrogens is 380 g/mol. The molecule has 0 radical (unpaired) electrons. The number of thiazole rings is 1. The maximum Gasteiger partial charge on any atom is 0.258 e. The van der Waals surface area contributed by atoms with Gasteiger partial charge in [-0.2, -0.15) is 0 Å². The number of amides is 1. The van der Waals surface area contributed by atoms with E-state index in [0.717, 1.165) is 9.17 Å². The molecule has 0 atom stereocenters. The Morgan fingerprint density at radius 2 is 1.83 bits per heavy atom. The van der Waals surface area contributed by atoms with Crippen molar-refractivity contribution in [2.75, 3.05) is 19.5 Å². The number of carbonyl (C=O) groups excluding carboxylic acids is 1. The van der Waals surface area contributed by atoms with Gasteiger partial charge in [-0.25, -0.2) is 4.98 Å². The molecule has 0 saturated heterocycles. The van der Waals surface area contributed by atoms with Crippen molar-refractivity contribution in [1.82, 2.24) is 4.98 Å².